The second kappa shape index (κ2) is 8.87. The lowest BCUT2D eigenvalue weighted by atomic mass is 9.94. The van der Waals surface area contributed by atoms with Gasteiger partial charge in [0.15, 0.2) is 0 Å². The number of rotatable bonds is 5. The summed E-state index contributed by atoms with van der Waals surface area (Å²) in [5.41, 5.74) is 3.45. The van der Waals surface area contributed by atoms with Crippen molar-refractivity contribution in [2.45, 2.75) is 39.7 Å². The van der Waals surface area contributed by atoms with Gasteiger partial charge in [-0.15, -0.1) is 0 Å². The van der Waals surface area contributed by atoms with Crippen molar-refractivity contribution in [1.29, 1.82) is 0 Å². The Morgan fingerprint density at radius 2 is 1.90 bits per heavy atom. The van der Waals surface area contributed by atoms with Gasteiger partial charge in [0, 0.05) is 6.54 Å². The van der Waals surface area contributed by atoms with Crippen LogP contribution in [0.5, 0.6) is 5.75 Å². The molecule has 29 heavy (non-hydrogen) atoms. The fraction of sp³-hybridized carbons (Fsp3) is 0.391. The number of ether oxygens (including phenoxy) is 1. The summed E-state index contributed by atoms with van der Waals surface area (Å²) in [6, 6.07) is 10.1. The number of amides is 2. The minimum atomic E-state index is -0.671. The van der Waals surface area contributed by atoms with Gasteiger partial charge in [-0.05, 0) is 55.0 Å². The smallest absolute Gasteiger partial charge is 0.253 e. The Hall–Kier alpha value is -2.53. The number of nitrogens with one attached hydrogen (secondary N) is 1. The summed E-state index contributed by atoms with van der Waals surface area (Å²) in [4.78, 5) is 28.1. The van der Waals surface area contributed by atoms with E-state index >= 15 is 0 Å². The van der Waals surface area contributed by atoms with Gasteiger partial charge in [0.1, 0.15) is 11.8 Å². The van der Waals surface area contributed by atoms with Crippen molar-refractivity contribution in [3.05, 3.63) is 58.1 Å². The van der Waals surface area contributed by atoms with E-state index in [1.165, 1.54) is 0 Å². The Morgan fingerprint density at radius 1 is 1.17 bits per heavy atom. The Balaban J connectivity index is 1.93. The van der Waals surface area contributed by atoms with Crippen molar-refractivity contribution in [2.24, 2.45) is 5.92 Å². The predicted molar refractivity (Wildman–Crippen MR) is 116 cm³/mol. The standard InChI is InChI=1S/C23H27ClN2O3/c1-14(2)20(25-22(27)17-8-5-6-10-18(17)24)23(28)26-13-7-9-16-15(3)11-12-19(29-4)21(16)26/h5-6,8,10-12,14,20H,7,9,13H2,1-4H3,(H,25,27). The van der Waals surface area contributed by atoms with Gasteiger partial charge in [-0.3, -0.25) is 9.59 Å². The first-order chi connectivity index (χ1) is 13.8. The SMILES string of the molecule is COc1ccc(C)c2c1N(C(=O)C(NC(=O)c1ccccc1Cl)C(C)C)CCC2. The fourth-order valence-electron chi connectivity index (χ4n) is 3.78. The molecule has 0 bridgehead atoms. The van der Waals surface area contributed by atoms with Gasteiger partial charge in [-0.25, -0.2) is 0 Å². The van der Waals surface area contributed by atoms with Gasteiger partial charge in [0.2, 0.25) is 5.91 Å². The molecule has 0 radical (unpaired) electrons. The average Bonchev–Trinajstić information content (AvgIpc) is 2.71. The first-order valence-electron chi connectivity index (χ1n) is 9.88. The molecule has 0 aliphatic carbocycles. The molecule has 5 nitrogen and oxygen atoms in total. The van der Waals surface area contributed by atoms with E-state index in [0.29, 0.717) is 22.9 Å². The molecular weight excluding hydrogens is 388 g/mol. The Labute approximate surface area is 177 Å². The molecule has 1 atom stereocenters. The van der Waals surface area contributed by atoms with Crippen LogP contribution in [0.3, 0.4) is 0 Å². The van der Waals surface area contributed by atoms with Crippen LogP contribution in [0.4, 0.5) is 5.69 Å². The van der Waals surface area contributed by atoms with Gasteiger partial charge >= 0.3 is 0 Å². The molecule has 1 N–H and O–H groups in total. The number of benzene rings is 2. The lowest BCUT2D eigenvalue weighted by Gasteiger charge is -2.35. The molecule has 6 heteroatoms. The summed E-state index contributed by atoms with van der Waals surface area (Å²) in [6.07, 6.45) is 1.77. The minimum Gasteiger partial charge on any atom is -0.495 e. The van der Waals surface area contributed by atoms with Gasteiger partial charge in [0.05, 0.1) is 23.4 Å². The number of halogens is 1. The molecule has 3 rings (SSSR count). The number of methoxy groups -OCH3 is 1. The number of fused-ring (bicyclic) bond motifs is 1. The van der Waals surface area contributed by atoms with Crippen LogP contribution in [-0.2, 0) is 11.2 Å². The second-order valence-electron chi connectivity index (χ2n) is 7.68. The van der Waals surface area contributed by atoms with Crippen LogP contribution in [0.2, 0.25) is 5.02 Å². The maximum absolute atomic E-state index is 13.6. The summed E-state index contributed by atoms with van der Waals surface area (Å²) >= 11 is 6.16. The normalized spacial score (nSPS) is 14.3. The third-order valence-corrected chi connectivity index (χ3v) is 5.71. The molecule has 0 fully saturated rings. The largest absolute Gasteiger partial charge is 0.495 e. The van der Waals surface area contributed by atoms with Crippen LogP contribution >= 0.6 is 11.6 Å². The highest BCUT2D eigenvalue weighted by Crippen LogP contribution is 2.38. The molecule has 0 saturated carbocycles. The lowest BCUT2D eigenvalue weighted by molar-refractivity contribution is -0.121. The van der Waals surface area contributed by atoms with E-state index in [2.05, 4.69) is 5.32 Å². The van der Waals surface area contributed by atoms with Crippen LogP contribution in [-0.4, -0.2) is 31.5 Å². The molecule has 0 saturated heterocycles. The highest BCUT2D eigenvalue weighted by Gasteiger charge is 2.34. The van der Waals surface area contributed by atoms with Crippen molar-refractivity contribution < 1.29 is 14.3 Å². The molecule has 0 aromatic heterocycles. The van der Waals surface area contributed by atoms with Crippen LogP contribution in [0.25, 0.3) is 0 Å². The van der Waals surface area contributed by atoms with Crippen molar-refractivity contribution in [3.8, 4) is 5.75 Å². The number of carbonyl (C=O) groups is 2. The van der Waals surface area contributed by atoms with E-state index < -0.39 is 6.04 Å². The molecule has 2 aromatic rings. The minimum absolute atomic E-state index is 0.0879. The summed E-state index contributed by atoms with van der Waals surface area (Å²) in [7, 11) is 1.61. The Bertz CT molecular complexity index is 926. The highest BCUT2D eigenvalue weighted by atomic mass is 35.5. The maximum atomic E-state index is 13.6. The first-order valence-corrected chi connectivity index (χ1v) is 10.3. The number of anilines is 1. The Morgan fingerprint density at radius 3 is 2.55 bits per heavy atom. The zero-order valence-electron chi connectivity index (χ0n) is 17.3. The number of hydrogen-bond acceptors (Lipinski definition) is 3. The summed E-state index contributed by atoms with van der Waals surface area (Å²) in [5, 5.41) is 3.26. The topological polar surface area (TPSA) is 58.6 Å². The maximum Gasteiger partial charge on any atom is 0.253 e. The van der Waals surface area contributed by atoms with Gasteiger partial charge in [0.25, 0.3) is 5.91 Å². The molecule has 2 aromatic carbocycles. The van der Waals surface area contributed by atoms with E-state index in [0.717, 1.165) is 29.7 Å². The van der Waals surface area contributed by atoms with Crippen LogP contribution < -0.4 is 15.0 Å². The molecule has 2 amide bonds. The number of aryl methyl sites for hydroxylation is 1. The number of carbonyl (C=O) groups excluding carboxylic acids is 2. The lowest BCUT2D eigenvalue weighted by Crippen LogP contribution is -2.52. The number of hydrogen-bond donors (Lipinski definition) is 1. The fourth-order valence-corrected chi connectivity index (χ4v) is 4.01. The van der Waals surface area contributed by atoms with Gasteiger partial charge in [-0.2, -0.15) is 0 Å². The van der Waals surface area contributed by atoms with Crippen molar-refractivity contribution in [3.63, 3.8) is 0 Å². The third-order valence-electron chi connectivity index (χ3n) is 5.38. The van der Waals surface area contributed by atoms with Crippen LogP contribution in [0, 0.1) is 12.8 Å². The van der Waals surface area contributed by atoms with E-state index in [9.17, 15) is 9.59 Å². The van der Waals surface area contributed by atoms with E-state index in [1.807, 2.05) is 32.9 Å². The average molecular weight is 415 g/mol. The quantitative estimate of drug-likeness (QED) is 0.789. The molecule has 1 aliphatic heterocycles. The zero-order valence-corrected chi connectivity index (χ0v) is 18.0. The zero-order chi connectivity index (χ0) is 21.1. The molecular formula is C23H27ClN2O3. The van der Waals surface area contributed by atoms with Gasteiger partial charge < -0.3 is 15.0 Å². The number of nitrogens with zero attached hydrogens (tertiary/aromatic N) is 1. The Kier molecular flexibility index (Phi) is 6.48. The second-order valence-corrected chi connectivity index (χ2v) is 8.09. The molecule has 154 valence electrons. The monoisotopic (exact) mass is 414 g/mol. The van der Waals surface area contributed by atoms with Crippen LogP contribution in [0.15, 0.2) is 36.4 Å². The molecule has 0 spiro atoms. The third kappa shape index (κ3) is 4.25. The van der Waals surface area contributed by atoms with E-state index in [4.69, 9.17) is 16.3 Å². The molecule has 1 aliphatic rings. The van der Waals surface area contributed by atoms with Gasteiger partial charge in [-0.1, -0.05) is 43.6 Å². The van der Waals surface area contributed by atoms with Crippen molar-refractivity contribution in [2.75, 3.05) is 18.6 Å². The van der Waals surface area contributed by atoms with E-state index in [-0.39, 0.29) is 17.7 Å². The molecule has 1 heterocycles. The van der Waals surface area contributed by atoms with Crippen LogP contribution in [0.1, 0.15) is 41.8 Å². The van der Waals surface area contributed by atoms with Crippen molar-refractivity contribution in [1.82, 2.24) is 5.32 Å². The molecule has 1 unspecified atom stereocenters. The first kappa shape index (κ1) is 21.2. The highest BCUT2D eigenvalue weighted by molar-refractivity contribution is 6.33. The summed E-state index contributed by atoms with van der Waals surface area (Å²) in [5.74, 6) is 0.107. The summed E-state index contributed by atoms with van der Waals surface area (Å²) in [6.45, 7) is 6.49. The van der Waals surface area contributed by atoms with Crippen molar-refractivity contribution >= 4 is 29.1 Å². The predicted octanol–water partition coefficient (Wildman–Crippen LogP) is 4.39. The summed E-state index contributed by atoms with van der Waals surface area (Å²) < 4.78 is 5.56. The van der Waals surface area contributed by atoms with E-state index in [1.54, 1.807) is 36.3 Å².